The Morgan fingerprint density at radius 3 is 2.82 bits per heavy atom. The van der Waals surface area contributed by atoms with E-state index in [1.54, 1.807) is 24.3 Å². The maximum absolute atomic E-state index is 11.9. The minimum Gasteiger partial charge on any atom is -0.350 e. The molecule has 0 radical (unpaired) electrons. The van der Waals surface area contributed by atoms with Gasteiger partial charge in [-0.3, -0.25) is 4.79 Å². The molecule has 0 aliphatic heterocycles. The van der Waals surface area contributed by atoms with Crippen LogP contribution in [0.2, 0.25) is 0 Å². The number of nitriles is 1. The number of carbonyl (C=O) groups excluding carboxylic acids is 1. The van der Waals surface area contributed by atoms with Gasteiger partial charge in [0, 0.05) is 16.4 Å². The molecule has 1 aromatic carbocycles. The second-order valence-electron chi connectivity index (χ2n) is 4.08. The summed E-state index contributed by atoms with van der Waals surface area (Å²) in [6, 6.07) is 8.82. The molecule has 2 atom stereocenters. The third kappa shape index (κ3) is 4.58. The van der Waals surface area contributed by atoms with E-state index in [0.29, 0.717) is 16.0 Å². The number of nitrogens with zero attached hydrogens (tertiary/aromatic N) is 1. The Morgan fingerprint density at radius 1 is 1.53 bits per heavy atom. The van der Waals surface area contributed by atoms with Gasteiger partial charge in [0.15, 0.2) is 0 Å². The van der Waals surface area contributed by atoms with E-state index in [-0.39, 0.29) is 11.9 Å². The van der Waals surface area contributed by atoms with Crippen molar-refractivity contribution in [3.05, 3.63) is 35.4 Å². The zero-order valence-electron chi connectivity index (χ0n) is 9.90. The Hall–Kier alpha value is -1.34. The van der Waals surface area contributed by atoms with E-state index in [2.05, 4.69) is 21.2 Å². The molecule has 90 valence electrons. The maximum atomic E-state index is 11.9. The van der Waals surface area contributed by atoms with Gasteiger partial charge in [0.05, 0.1) is 11.6 Å². The van der Waals surface area contributed by atoms with Crippen molar-refractivity contribution in [2.45, 2.75) is 31.1 Å². The number of rotatable bonds is 4. The standard InChI is InChI=1S/C13H15BrN2O/c1-9(14)6-10(2)16-13(17)12-5-3-4-11(7-12)8-15/h3-5,7,9-10H,6H2,1-2H3,(H,16,17). The Balaban J connectivity index is 2.67. The summed E-state index contributed by atoms with van der Waals surface area (Å²) < 4.78 is 0. The SMILES string of the molecule is CC(Br)CC(C)NC(=O)c1cccc(C#N)c1. The zero-order valence-corrected chi connectivity index (χ0v) is 11.5. The van der Waals surface area contributed by atoms with Gasteiger partial charge in [-0.1, -0.05) is 28.9 Å². The normalized spacial score (nSPS) is 13.5. The van der Waals surface area contributed by atoms with Gasteiger partial charge in [-0.05, 0) is 31.5 Å². The minimum atomic E-state index is -0.136. The van der Waals surface area contributed by atoms with E-state index in [1.807, 2.05) is 19.9 Å². The summed E-state index contributed by atoms with van der Waals surface area (Å²) >= 11 is 3.45. The first-order chi connectivity index (χ1) is 8.02. The summed E-state index contributed by atoms with van der Waals surface area (Å²) in [7, 11) is 0. The van der Waals surface area contributed by atoms with Crippen molar-refractivity contribution in [3.63, 3.8) is 0 Å². The van der Waals surface area contributed by atoms with E-state index < -0.39 is 0 Å². The summed E-state index contributed by atoms with van der Waals surface area (Å²) in [6.45, 7) is 4.00. The van der Waals surface area contributed by atoms with E-state index in [4.69, 9.17) is 5.26 Å². The van der Waals surface area contributed by atoms with Gasteiger partial charge >= 0.3 is 0 Å². The molecule has 3 nitrogen and oxygen atoms in total. The first kappa shape index (κ1) is 13.7. The molecule has 0 saturated carbocycles. The van der Waals surface area contributed by atoms with Gasteiger partial charge in [-0.25, -0.2) is 0 Å². The molecule has 1 aromatic rings. The van der Waals surface area contributed by atoms with Crippen LogP contribution in [0.4, 0.5) is 0 Å². The van der Waals surface area contributed by atoms with Crippen LogP contribution in [0.1, 0.15) is 36.2 Å². The van der Waals surface area contributed by atoms with Crippen LogP contribution in [0.25, 0.3) is 0 Å². The molecular formula is C13H15BrN2O. The highest BCUT2D eigenvalue weighted by atomic mass is 79.9. The van der Waals surface area contributed by atoms with Crippen molar-refractivity contribution in [1.82, 2.24) is 5.32 Å². The van der Waals surface area contributed by atoms with E-state index in [1.165, 1.54) is 0 Å². The number of carbonyl (C=O) groups is 1. The van der Waals surface area contributed by atoms with Gasteiger partial charge in [0.2, 0.25) is 0 Å². The molecule has 0 aliphatic rings. The van der Waals surface area contributed by atoms with Crippen LogP contribution in [0.5, 0.6) is 0 Å². The largest absolute Gasteiger partial charge is 0.350 e. The van der Waals surface area contributed by atoms with Crippen molar-refractivity contribution < 1.29 is 4.79 Å². The van der Waals surface area contributed by atoms with E-state index in [0.717, 1.165) is 6.42 Å². The number of halogens is 1. The highest BCUT2D eigenvalue weighted by molar-refractivity contribution is 9.09. The lowest BCUT2D eigenvalue weighted by atomic mass is 10.1. The molecule has 4 heteroatoms. The fraction of sp³-hybridized carbons (Fsp3) is 0.385. The highest BCUT2D eigenvalue weighted by Gasteiger charge is 2.11. The molecule has 0 saturated heterocycles. The average Bonchev–Trinajstić information content (AvgIpc) is 2.27. The molecule has 1 N–H and O–H groups in total. The smallest absolute Gasteiger partial charge is 0.251 e. The van der Waals surface area contributed by atoms with Crippen LogP contribution in [-0.2, 0) is 0 Å². The molecule has 0 spiro atoms. The summed E-state index contributed by atoms with van der Waals surface area (Å²) in [5.41, 5.74) is 1.03. The molecule has 0 fully saturated rings. The Kier molecular flexibility index (Phi) is 5.17. The Bertz CT molecular complexity index is 437. The zero-order chi connectivity index (χ0) is 12.8. The van der Waals surface area contributed by atoms with Crippen molar-refractivity contribution >= 4 is 21.8 Å². The Morgan fingerprint density at radius 2 is 2.24 bits per heavy atom. The Labute approximate surface area is 110 Å². The predicted molar refractivity (Wildman–Crippen MR) is 71.1 cm³/mol. The van der Waals surface area contributed by atoms with Crippen molar-refractivity contribution in [2.24, 2.45) is 0 Å². The minimum absolute atomic E-state index is 0.0996. The van der Waals surface area contributed by atoms with Crippen LogP contribution < -0.4 is 5.32 Å². The number of alkyl halides is 1. The van der Waals surface area contributed by atoms with Crippen LogP contribution >= 0.6 is 15.9 Å². The fourth-order valence-electron chi connectivity index (χ4n) is 1.58. The number of benzene rings is 1. The predicted octanol–water partition coefficient (Wildman–Crippen LogP) is 2.85. The van der Waals surface area contributed by atoms with Gasteiger partial charge < -0.3 is 5.32 Å². The van der Waals surface area contributed by atoms with E-state index >= 15 is 0 Å². The van der Waals surface area contributed by atoms with Crippen molar-refractivity contribution in [2.75, 3.05) is 0 Å². The second kappa shape index (κ2) is 6.41. The second-order valence-corrected chi connectivity index (χ2v) is 5.65. The number of nitrogens with one attached hydrogen (secondary N) is 1. The van der Waals surface area contributed by atoms with Gasteiger partial charge in [0.25, 0.3) is 5.91 Å². The summed E-state index contributed by atoms with van der Waals surface area (Å²) in [5, 5.41) is 11.7. The van der Waals surface area contributed by atoms with Crippen LogP contribution in [0.15, 0.2) is 24.3 Å². The fourth-order valence-corrected chi connectivity index (χ4v) is 2.14. The summed E-state index contributed by atoms with van der Waals surface area (Å²) in [5.74, 6) is -0.136. The lowest BCUT2D eigenvalue weighted by Gasteiger charge is -2.15. The third-order valence-corrected chi connectivity index (χ3v) is 2.68. The molecular weight excluding hydrogens is 280 g/mol. The van der Waals surface area contributed by atoms with Crippen LogP contribution in [0, 0.1) is 11.3 Å². The molecule has 0 heterocycles. The third-order valence-electron chi connectivity index (χ3n) is 2.31. The molecule has 0 aliphatic carbocycles. The average molecular weight is 295 g/mol. The quantitative estimate of drug-likeness (QED) is 0.868. The molecule has 1 amide bonds. The number of hydrogen-bond donors (Lipinski definition) is 1. The van der Waals surface area contributed by atoms with Crippen LogP contribution in [-0.4, -0.2) is 16.8 Å². The monoisotopic (exact) mass is 294 g/mol. The maximum Gasteiger partial charge on any atom is 0.251 e. The number of hydrogen-bond acceptors (Lipinski definition) is 2. The van der Waals surface area contributed by atoms with E-state index in [9.17, 15) is 4.79 Å². The van der Waals surface area contributed by atoms with Crippen molar-refractivity contribution in [1.29, 1.82) is 5.26 Å². The lowest BCUT2D eigenvalue weighted by Crippen LogP contribution is -2.33. The molecule has 0 bridgehead atoms. The summed E-state index contributed by atoms with van der Waals surface area (Å²) in [4.78, 5) is 12.2. The first-order valence-corrected chi connectivity index (χ1v) is 6.39. The molecule has 2 unspecified atom stereocenters. The highest BCUT2D eigenvalue weighted by Crippen LogP contribution is 2.08. The molecule has 17 heavy (non-hydrogen) atoms. The first-order valence-electron chi connectivity index (χ1n) is 5.48. The van der Waals surface area contributed by atoms with Crippen molar-refractivity contribution in [3.8, 4) is 6.07 Å². The lowest BCUT2D eigenvalue weighted by molar-refractivity contribution is 0.0938. The van der Waals surface area contributed by atoms with Gasteiger partial charge in [0.1, 0.15) is 0 Å². The number of amides is 1. The van der Waals surface area contributed by atoms with Crippen LogP contribution in [0.3, 0.4) is 0 Å². The molecule has 1 rings (SSSR count). The molecule has 0 aromatic heterocycles. The summed E-state index contributed by atoms with van der Waals surface area (Å²) in [6.07, 6.45) is 0.865. The van der Waals surface area contributed by atoms with Gasteiger partial charge in [-0.15, -0.1) is 0 Å². The van der Waals surface area contributed by atoms with Gasteiger partial charge in [-0.2, -0.15) is 5.26 Å². The topological polar surface area (TPSA) is 52.9 Å².